The lowest BCUT2D eigenvalue weighted by Gasteiger charge is -2.34. The molecule has 1 saturated heterocycles. The van der Waals surface area contributed by atoms with Gasteiger partial charge in [-0.1, -0.05) is 38.1 Å². The van der Waals surface area contributed by atoms with Crippen molar-refractivity contribution in [3.05, 3.63) is 35.4 Å². The van der Waals surface area contributed by atoms with Crippen LogP contribution in [0, 0.1) is 0 Å². The van der Waals surface area contributed by atoms with E-state index < -0.39 is 0 Å². The summed E-state index contributed by atoms with van der Waals surface area (Å²) in [5, 5.41) is 6.77. The quantitative estimate of drug-likeness (QED) is 0.224. The van der Waals surface area contributed by atoms with Crippen LogP contribution < -0.4 is 10.6 Å². The van der Waals surface area contributed by atoms with E-state index in [4.69, 9.17) is 4.99 Å². The fourth-order valence-electron chi connectivity index (χ4n) is 3.50. The molecule has 1 aromatic rings. The minimum Gasteiger partial charge on any atom is -0.357 e. The van der Waals surface area contributed by atoms with E-state index in [1.807, 2.05) is 4.90 Å². The number of aliphatic imine (C=N–C) groups is 1. The molecule has 170 valence electrons. The topological polar surface area (TPSA) is 60.0 Å². The molecule has 2 N–H and O–H groups in total. The summed E-state index contributed by atoms with van der Waals surface area (Å²) in [5.41, 5.74) is 2.78. The first kappa shape index (κ1) is 26.7. The van der Waals surface area contributed by atoms with E-state index >= 15 is 0 Å². The lowest BCUT2D eigenvalue weighted by molar-refractivity contribution is -0.130. The lowest BCUT2D eigenvalue weighted by atomic mass is 10.0. The summed E-state index contributed by atoms with van der Waals surface area (Å²) in [6.07, 6.45) is 2.10. The summed E-state index contributed by atoms with van der Waals surface area (Å²) in [7, 11) is 0. The van der Waals surface area contributed by atoms with Gasteiger partial charge in [0.05, 0.1) is 0 Å². The number of piperazine rings is 1. The van der Waals surface area contributed by atoms with Crippen LogP contribution in [0.15, 0.2) is 29.3 Å². The number of rotatable bonds is 9. The molecule has 1 heterocycles. The van der Waals surface area contributed by atoms with E-state index in [1.165, 1.54) is 11.1 Å². The van der Waals surface area contributed by atoms with Crippen molar-refractivity contribution in [1.29, 1.82) is 0 Å². The minimum atomic E-state index is 0. The van der Waals surface area contributed by atoms with Gasteiger partial charge < -0.3 is 15.5 Å². The lowest BCUT2D eigenvalue weighted by Crippen LogP contribution is -2.50. The number of nitrogens with zero attached hydrogens (tertiary/aromatic N) is 3. The van der Waals surface area contributed by atoms with Gasteiger partial charge in [0.25, 0.3) is 0 Å². The Labute approximate surface area is 199 Å². The third kappa shape index (κ3) is 9.64. The highest BCUT2D eigenvalue weighted by molar-refractivity contribution is 14.0. The largest absolute Gasteiger partial charge is 0.357 e. The minimum absolute atomic E-state index is 0. The van der Waals surface area contributed by atoms with Crippen molar-refractivity contribution in [3.8, 4) is 0 Å². The maximum absolute atomic E-state index is 11.4. The second-order valence-electron chi connectivity index (χ2n) is 8.03. The van der Waals surface area contributed by atoms with Crippen LogP contribution in [0.1, 0.15) is 51.2 Å². The van der Waals surface area contributed by atoms with Crippen LogP contribution in [0.3, 0.4) is 0 Å². The van der Waals surface area contributed by atoms with E-state index in [2.05, 4.69) is 60.6 Å². The zero-order chi connectivity index (χ0) is 21.1. The van der Waals surface area contributed by atoms with Crippen molar-refractivity contribution >= 4 is 35.8 Å². The first-order chi connectivity index (χ1) is 14.0. The number of hydrogen-bond acceptors (Lipinski definition) is 3. The van der Waals surface area contributed by atoms with E-state index in [9.17, 15) is 4.79 Å². The second kappa shape index (κ2) is 14.6. The highest BCUT2D eigenvalue weighted by atomic mass is 127. The smallest absolute Gasteiger partial charge is 0.219 e. The van der Waals surface area contributed by atoms with Crippen molar-refractivity contribution in [1.82, 2.24) is 20.4 Å². The molecule has 0 aromatic heterocycles. The summed E-state index contributed by atoms with van der Waals surface area (Å²) in [6.45, 7) is 15.3. The SMILES string of the molecule is CCNC(=NCCCc1ccc(C(C)C)cc1)NCCN1CCN(C(C)=O)CC1.I. The molecule has 1 amide bonds. The van der Waals surface area contributed by atoms with Crippen molar-refractivity contribution in [3.63, 3.8) is 0 Å². The molecule has 0 aliphatic carbocycles. The molecule has 30 heavy (non-hydrogen) atoms. The Morgan fingerprint density at radius 2 is 1.77 bits per heavy atom. The van der Waals surface area contributed by atoms with Gasteiger partial charge in [0.1, 0.15) is 0 Å². The summed E-state index contributed by atoms with van der Waals surface area (Å²) in [5.74, 6) is 1.66. The van der Waals surface area contributed by atoms with Crippen molar-refractivity contribution in [2.75, 3.05) is 52.4 Å². The Kier molecular flexibility index (Phi) is 13.0. The van der Waals surface area contributed by atoms with Crippen LogP contribution in [0.25, 0.3) is 0 Å². The Bertz CT molecular complexity index is 639. The van der Waals surface area contributed by atoms with Crippen LogP contribution in [0.2, 0.25) is 0 Å². The van der Waals surface area contributed by atoms with Crippen molar-refractivity contribution in [2.24, 2.45) is 4.99 Å². The molecule has 0 spiro atoms. The maximum Gasteiger partial charge on any atom is 0.219 e. The fourth-order valence-corrected chi connectivity index (χ4v) is 3.50. The van der Waals surface area contributed by atoms with E-state index in [0.29, 0.717) is 5.92 Å². The Morgan fingerprint density at radius 3 is 2.33 bits per heavy atom. The molecule has 7 heteroatoms. The molecular weight excluding hydrogens is 489 g/mol. The van der Waals surface area contributed by atoms with Gasteiger partial charge in [-0.3, -0.25) is 14.7 Å². The van der Waals surface area contributed by atoms with Gasteiger partial charge >= 0.3 is 0 Å². The summed E-state index contributed by atoms with van der Waals surface area (Å²) < 4.78 is 0. The number of benzene rings is 1. The van der Waals surface area contributed by atoms with Crippen molar-refractivity contribution < 1.29 is 4.79 Å². The number of aryl methyl sites for hydroxylation is 1. The average molecular weight is 530 g/mol. The summed E-state index contributed by atoms with van der Waals surface area (Å²) >= 11 is 0. The molecular formula is C23H40IN5O. The molecule has 6 nitrogen and oxygen atoms in total. The first-order valence-corrected chi connectivity index (χ1v) is 11.1. The van der Waals surface area contributed by atoms with Gasteiger partial charge in [-0.25, -0.2) is 0 Å². The van der Waals surface area contributed by atoms with E-state index in [0.717, 1.165) is 71.2 Å². The van der Waals surface area contributed by atoms with Crippen LogP contribution in [0.5, 0.6) is 0 Å². The third-order valence-corrected chi connectivity index (χ3v) is 5.42. The Hall–Kier alpha value is -1.35. The summed E-state index contributed by atoms with van der Waals surface area (Å²) in [4.78, 5) is 20.4. The number of guanidine groups is 1. The van der Waals surface area contributed by atoms with Gasteiger partial charge in [0.15, 0.2) is 5.96 Å². The molecule has 2 rings (SSSR count). The molecule has 1 aliphatic heterocycles. The summed E-state index contributed by atoms with van der Waals surface area (Å²) in [6, 6.07) is 8.97. The molecule has 0 radical (unpaired) electrons. The number of nitrogens with one attached hydrogen (secondary N) is 2. The van der Waals surface area contributed by atoms with Gasteiger partial charge in [-0.15, -0.1) is 24.0 Å². The molecule has 0 atom stereocenters. The number of carbonyl (C=O) groups is 1. The Morgan fingerprint density at radius 1 is 1.10 bits per heavy atom. The van der Waals surface area contributed by atoms with E-state index in [1.54, 1.807) is 6.92 Å². The van der Waals surface area contributed by atoms with Crippen molar-refractivity contribution in [2.45, 2.75) is 46.5 Å². The normalized spacial score (nSPS) is 15.1. The zero-order valence-corrected chi connectivity index (χ0v) is 21.4. The number of amides is 1. The second-order valence-corrected chi connectivity index (χ2v) is 8.03. The van der Waals surface area contributed by atoms with Crippen LogP contribution >= 0.6 is 24.0 Å². The average Bonchev–Trinajstić information content (AvgIpc) is 2.72. The number of hydrogen-bond donors (Lipinski definition) is 2. The van der Waals surface area contributed by atoms with Gasteiger partial charge in [0.2, 0.25) is 5.91 Å². The predicted molar refractivity (Wildman–Crippen MR) is 137 cm³/mol. The van der Waals surface area contributed by atoms with Gasteiger partial charge in [-0.2, -0.15) is 0 Å². The molecule has 1 fully saturated rings. The molecule has 1 aromatic carbocycles. The highest BCUT2D eigenvalue weighted by Gasteiger charge is 2.17. The number of carbonyl (C=O) groups excluding carboxylic acids is 1. The highest BCUT2D eigenvalue weighted by Crippen LogP contribution is 2.15. The molecule has 1 aliphatic rings. The molecule has 0 saturated carbocycles. The third-order valence-electron chi connectivity index (χ3n) is 5.42. The van der Waals surface area contributed by atoms with Gasteiger partial charge in [-0.05, 0) is 36.8 Å². The van der Waals surface area contributed by atoms with Crippen LogP contribution in [0.4, 0.5) is 0 Å². The zero-order valence-electron chi connectivity index (χ0n) is 19.1. The molecule has 0 bridgehead atoms. The first-order valence-electron chi connectivity index (χ1n) is 11.1. The van der Waals surface area contributed by atoms with Gasteiger partial charge in [0, 0.05) is 59.3 Å². The fraction of sp³-hybridized carbons (Fsp3) is 0.652. The van der Waals surface area contributed by atoms with Crippen LogP contribution in [-0.4, -0.2) is 74.0 Å². The maximum atomic E-state index is 11.4. The molecule has 0 unspecified atom stereocenters. The number of halogens is 1. The standard InChI is InChI=1S/C23H39N5O.HI/c1-5-24-23(26-13-14-27-15-17-28(18-16-27)20(4)29)25-12-6-7-21-8-10-22(11-9-21)19(2)3;/h8-11,19H,5-7,12-18H2,1-4H3,(H2,24,25,26);1H. The predicted octanol–water partition coefficient (Wildman–Crippen LogP) is 3.08. The monoisotopic (exact) mass is 529 g/mol. The van der Waals surface area contributed by atoms with Crippen LogP contribution in [-0.2, 0) is 11.2 Å². The Balaban J connectivity index is 0.00000450. The van der Waals surface area contributed by atoms with E-state index in [-0.39, 0.29) is 29.9 Å².